The first-order chi connectivity index (χ1) is 23.0. The smallest absolute Gasteiger partial charge is 0.306 e. The van der Waals surface area contributed by atoms with Gasteiger partial charge in [0, 0.05) is 32.5 Å². The van der Waals surface area contributed by atoms with Crippen molar-refractivity contribution in [2.45, 2.75) is 168 Å². The number of unbranched alkanes of at least 4 members (excludes halogenated alkanes) is 14. The molecule has 0 fully saturated rings. The highest BCUT2D eigenvalue weighted by Gasteiger charge is 2.17. The molecule has 0 heterocycles. The molecule has 0 aromatic rings. The Hall–Kier alpha value is -1.97. The molecule has 1 atom stereocenters. The molecule has 0 saturated carbocycles. The van der Waals surface area contributed by atoms with Crippen LogP contribution in [0.4, 0.5) is 0 Å². The highest BCUT2D eigenvalue weighted by molar-refractivity contribution is 5.72. The number of carbonyl (C=O) groups is 3. The van der Waals surface area contributed by atoms with E-state index in [4.69, 9.17) is 23.7 Å². The summed E-state index contributed by atoms with van der Waals surface area (Å²) in [6, 6.07) is 0. The number of hydrogen-bond donors (Lipinski definition) is 1. The van der Waals surface area contributed by atoms with E-state index in [2.05, 4.69) is 20.8 Å². The monoisotopic (exact) mass is 671 g/mol. The van der Waals surface area contributed by atoms with Gasteiger partial charge >= 0.3 is 17.9 Å². The van der Waals surface area contributed by atoms with Crippen LogP contribution in [0.2, 0.25) is 0 Å². The Balaban J connectivity index is 4.24. The number of carbonyl (C=O) groups excluding carboxylic acids is 3. The van der Waals surface area contributed by atoms with Gasteiger partial charge in [0.05, 0.1) is 32.2 Å². The van der Waals surface area contributed by atoms with Crippen LogP contribution >= 0.6 is 0 Å². The van der Waals surface area contributed by atoms with Crippen molar-refractivity contribution < 1.29 is 43.2 Å². The summed E-state index contributed by atoms with van der Waals surface area (Å²) < 4.78 is 27.7. The van der Waals surface area contributed by atoms with Gasteiger partial charge in [-0.1, -0.05) is 116 Å². The van der Waals surface area contributed by atoms with Gasteiger partial charge in [0.2, 0.25) is 0 Å². The topological polar surface area (TPSA) is 118 Å². The minimum Gasteiger partial charge on any atom is -0.465 e. The molecule has 0 aromatic heterocycles. The molecule has 0 aliphatic rings. The Morgan fingerprint density at radius 3 is 1.55 bits per heavy atom. The van der Waals surface area contributed by atoms with Gasteiger partial charge in [0.1, 0.15) is 6.61 Å². The van der Waals surface area contributed by atoms with E-state index in [0.717, 1.165) is 38.5 Å². The molecule has 47 heavy (non-hydrogen) atoms. The van der Waals surface area contributed by atoms with Gasteiger partial charge in [0.15, 0.2) is 6.29 Å². The van der Waals surface area contributed by atoms with E-state index in [1.165, 1.54) is 70.6 Å². The minimum absolute atomic E-state index is 0.0526. The third-order valence-corrected chi connectivity index (χ3v) is 7.90. The highest BCUT2D eigenvalue weighted by atomic mass is 16.7. The Kier molecular flexibility index (Phi) is 33.9. The van der Waals surface area contributed by atoms with Crippen molar-refractivity contribution in [3.8, 4) is 0 Å². The first-order valence-corrected chi connectivity index (χ1v) is 18.9. The summed E-state index contributed by atoms with van der Waals surface area (Å²) in [5.41, 5.74) is 0. The molecule has 9 heteroatoms. The predicted molar refractivity (Wildman–Crippen MR) is 187 cm³/mol. The predicted octanol–water partition coefficient (Wildman–Crippen LogP) is 8.78. The lowest BCUT2D eigenvalue weighted by molar-refractivity contribution is -0.161. The van der Waals surface area contributed by atoms with Gasteiger partial charge in [-0.25, -0.2) is 0 Å². The molecular formula is C38H70O9. The van der Waals surface area contributed by atoms with E-state index >= 15 is 0 Å². The number of ether oxygens (including phenoxy) is 5. The van der Waals surface area contributed by atoms with Crippen molar-refractivity contribution in [1.82, 2.24) is 0 Å². The Morgan fingerprint density at radius 1 is 0.553 bits per heavy atom. The quantitative estimate of drug-likeness (QED) is 0.0232. The summed E-state index contributed by atoms with van der Waals surface area (Å²) in [4.78, 5) is 36.4. The maximum atomic E-state index is 12.5. The van der Waals surface area contributed by atoms with E-state index in [0.29, 0.717) is 26.1 Å². The Labute approximate surface area is 286 Å². The van der Waals surface area contributed by atoms with Crippen LogP contribution in [0.1, 0.15) is 162 Å². The summed E-state index contributed by atoms with van der Waals surface area (Å²) >= 11 is 0. The Bertz CT molecular complexity index is 737. The van der Waals surface area contributed by atoms with Crippen molar-refractivity contribution in [2.24, 2.45) is 5.92 Å². The molecule has 0 spiro atoms. The average molecular weight is 671 g/mol. The Morgan fingerprint density at radius 2 is 1.02 bits per heavy atom. The SMILES string of the molecule is CCCCCC/C=C\COC(=O)CCCC(=O)OCC(CO)COC(=O)CCC(OCCCCCCCC)OCCCCCCCC. The van der Waals surface area contributed by atoms with Crippen LogP contribution in [-0.2, 0) is 38.1 Å². The molecule has 0 saturated heterocycles. The van der Waals surface area contributed by atoms with Gasteiger partial charge in [-0.05, 0) is 32.1 Å². The van der Waals surface area contributed by atoms with Gasteiger partial charge in [-0.15, -0.1) is 0 Å². The molecular weight excluding hydrogens is 600 g/mol. The zero-order valence-corrected chi connectivity index (χ0v) is 30.3. The molecule has 1 unspecified atom stereocenters. The molecule has 276 valence electrons. The molecule has 0 radical (unpaired) electrons. The molecule has 0 amide bonds. The van der Waals surface area contributed by atoms with Gasteiger partial charge in [-0.3, -0.25) is 14.4 Å². The second-order valence-electron chi connectivity index (χ2n) is 12.5. The van der Waals surface area contributed by atoms with Gasteiger partial charge in [-0.2, -0.15) is 0 Å². The summed E-state index contributed by atoms with van der Waals surface area (Å²) in [5.74, 6) is -1.75. The molecule has 0 rings (SSSR count). The summed E-state index contributed by atoms with van der Waals surface area (Å²) in [7, 11) is 0. The summed E-state index contributed by atoms with van der Waals surface area (Å²) in [5, 5.41) is 9.68. The lowest BCUT2D eigenvalue weighted by Gasteiger charge is -2.19. The second-order valence-corrected chi connectivity index (χ2v) is 12.5. The van der Waals surface area contributed by atoms with Crippen LogP contribution in [0.5, 0.6) is 0 Å². The first-order valence-electron chi connectivity index (χ1n) is 18.9. The fourth-order valence-electron chi connectivity index (χ4n) is 4.83. The van der Waals surface area contributed by atoms with Crippen LogP contribution in [0.25, 0.3) is 0 Å². The number of rotatable bonds is 35. The zero-order chi connectivity index (χ0) is 34.6. The van der Waals surface area contributed by atoms with Crippen LogP contribution in [0.15, 0.2) is 12.2 Å². The van der Waals surface area contributed by atoms with Crippen molar-refractivity contribution in [3.05, 3.63) is 12.2 Å². The number of allylic oxidation sites excluding steroid dienone is 1. The lowest BCUT2D eigenvalue weighted by atomic mass is 10.1. The molecule has 9 nitrogen and oxygen atoms in total. The van der Waals surface area contributed by atoms with E-state index in [9.17, 15) is 19.5 Å². The van der Waals surface area contributed by atoms with E-state index < -0.39 is 24.1 Å². The molecule has 0 aliphatic carbocycles. The fourth-order valence-corrected chi connectivity index (χ4v) is 4.83. The lowest BCUT2D eigenvalue weighted by Crippen LogP contribution is -2.25. The number of aliphatic hydroxyl groups excluding tert-OH is 1. The van der Waals surface area contributed by atoms with E-state index in [-0.39, 0.29) is 51.7 Å². The summed E-state index contributed by atoms with van der Waals surface area (Å²) in [6.45, 7) is 7.65. The van der Waals surface area contributed by atoms with Crippen molar-refractivity contribution >= 4 is 17.9 Å². The third-order valence-electron chi connectivity index (χ3n) is 7.90. The minimum atomic E-state index is -0.523. The van der Waals surface area contributed by atoms with E-state index in [1.807, 2.05) is 12.2 Å². The standard InChI is InChI=1S/C38H70O9/c1-4-7-10-13-16-19-20-28-43-35(40)24-23-25-36(41)46-32-34(31-39)33-47-37(42)26-27-38(44-29-21-17-14-11-8-5-2)45-30-22-18-15-12-9-6-3/h19-20,34,38-39H,4-18,21-33H2,1-3H3/b20-19-. The maximum Gasteiger partial charge on any atom is 0.306 e. The highest BCUT2D eigenvalue weighted by Crippen LogP contribution is 2.13. The van der Waals surface area contributed by atoms with Crippen molar-refractivity contribution in [1.29, 1.82) is 0 Å². The molecule has 1 N–H and O–H groups in total. The van der Waals surface area contributed by atoms with Crippen LogP contribution in [-0.4, -0.2) is 68.9 Å². The summed E-state index contributed by atoms with van der Waals surface area (Å²) in [6.07, 6.45) is 24.4. The largest absolute Gasteiger partial charge is 0.465 e. The maximum absolute atomic E-state index is 12.5. The van der Waals surface area contributed by atoms with Crippen molar-refractivity contribution in [2.75, 3.05) is 39.6 Å². The first kappa shape index (κ1) is 45.0. The second kappa shape index (κ2) is 35.3. The van der Waals surface area contributed by atoms with E-state index in [1.54, 1.807) is 0 Å². The van der Waals surface area contributed by atoms with Crippen molar-refractivity contribution in [3.63, 3.8) is 0 Å². The molecule has 0 aromatic carbocycles. The molecule has 0 aliphatic heterocycles. The van der Waals surface area contributed by atoms with Gasteiger partial charge < -0.3 is 28.8 Å². The zero-order valence-electron chi connectivity index (χ0n) is 30.3. The molecule has 0 bridgehead atoms. The van der Waals surface area contributed by atoms with Gasteiger partial charge in [0.25, 0.3) is 0 Å². The number of aliphatic hydroxyl groups is 1. The fraction of sp³-hybridized carbons (Fsp3) is 0.868. The van der Waals surface area contributed by atoms with Crippen LogP contribution in [0, 0.1) is 5.92 Å². The van der Waals surface area contributed by atoms with Crippen LogP contribution in [0.3, 0.4) is 0 Å². The third kappa shape index (κ3) is 32.4. The van der Waals surface area contributed by atoms with Crippen LogP contribution < -0.4 is 0 Å². The normalized spacial score (nSPS) is 12.1. The number of hydrogen-bond acceptors (Lipinski definition) is 9. The number of esters is 3. The average Bonchev–Trinajstić information content (AvgIpc) is 3.07.